The average molecular weight is 527 g/mol. The smallest absolute Gasteiger partial charge is 0.339 e. The fourth-order valence-electron chi connectivity index (χ4n) is 5.77. The highest BCUT2D eigenvalue weighted by Crippen LogP contribution is 2.33. The van der Waals surface area contributed by atoms with Gasteiger partial charge in [0.05, 0.1) is 12.6 Å². The number of hydrogen-bond acceptors (Lipinski definition) is 4. The van der Waals surface area contributed by atoms with Crippen LogP contribution in [-0.4, -0.2) is 29.6 Å². The number of benzene rings is 3. The van der Waals surface area contributed by atoms with E-state index in [9.17, 15) is 14.7 Å². The summed E-state index contributed by atoms with van der Waals surface area (Å²) in [6.07, 6.45) is 9.29. The molecule has 5 rings (SSSR count). The third kappa shape index (κ3) is 6.87. The SMILES string of the molecule is O=C(O)c1ccc(N(Cc2ccc(C3CCCCC3)cc2)C(=O)C2CCCCN2)cc1OCc1ccccc1. The lowest BCUT2D eigenvalue weighted by Crippen LogP contribution is -2.48. The van der Waals surface area contributed by atoms with E-state index in [1.807, 2.05) is 30.3 Å². The predicted octanol–water partition coefficient (Wildman–Crippen LogP) is 6.69. The van der Waals surface area contributed by atoms with Crippen LogP contribution in [0.3, 0.4) is 0 Å². The highest BCUT2D eigenvalue weighted by molar-refractivity contribution is 5.98. The van der Waals surface area contributed by atoms with Gasteiger partial charge in [0.25, 0.3) is 0 Å². The Labute approximate surface area is 231 Å². The molecule has 1 saturated heterocycles. The Bertz CT molecular complexity index is 1250. The first-order chi connectivity index (χ1) is 19.1. The number of carbonyl (C=O) groups excluding carboxylic acids is 1. The summed E-state index contributed by atoms with van der Waals surface area (Å²) < 4.78 is 6.00. The van der Waals surface area contributed by atoms with Crippen LogP contribution in [0.5, 0.6) is 5.75 Å². The molecule has 6 heteroatoms. The molecule has 0 radical (unpaired) electrons. The quantitative estimate of drug-likeness (QED) is 0.325. The summed E-state index contributed by atoms with van der Waals surface area (Å²) in [6.45, 7) is 1.47. The number of hydrogen-bond donors (Lipinski definition) is 2. The molecule has 0 aromatic heterocycles. The van der Waals surface area contributed by atoms with E-state index in [-0.39, 0.29) is 29.9 Å². The molecule has 1 aliphatic carbocycles. The van der Waals surface area contributed by atoms with Gasteiger partial charge in [0, 0.05) is 11.8 Å². The van der Waals surface area contributed by atoms with Crippen molar-refractivity contribution in [3.63, 3.8) is 0 Å². The van der Waals surface area contributed by atoms with Gasteiger partial charge in [0.2, 0.25) is 5.91 Å². The van der Waals surface area contributed by atoms with Crippen molar-refractivity contribution in [3.8, 4) is 5.75 Å². The molecule has 2 aliphatic rings. The molecule has 1 saturated carbocycles. The van der Waals surface area contributed by atoms with E-state index in [2.05, 4.69) is 29.6 Å². The van der Waals surface area contributed by atoms with Crippen molar-refractivity contribution in [2.45, 2.75) is 76.5 Å². The molecule has 3 aromatic rings. The second kappa shape index (κ2) is 12.9. The first-order valence-electron chi connectivity index (χ1n) is 14.3. The Morgan fingerprint density at radius 1 is 0.846 bits per heavy atom. The van der Waals surface area contributed by atoms with Crippen molar-refractivity contribution >= 4 is 17.6 Å². The van der Waals surface area contributed by atoms with Gasteiger partial charge in [-0.15, -0.1) is 0 Å². The maximum absolute atomic E-state index is 13.8. The minimum absolute atomic E-state index is 0.00291. The molecule has 6 nitrogen and oxygen atoms in total. The number of nitrogens with one attached hydrogen (secondary N) is 1. The summed E-state index contributed by atoms with van der Waals surface area (Å²) in [7, 11) is 0. The molecular formula is C33H38N2O4. The van der Waals surface area contributed by atoms with Crippen molar-refractivity contribution in [1.29, 1.82) is 0 Å². The zero-order valence-electron chi connectivity index (χ0n) is 22.5. The summed E-state index contributed by atoms with van der Waals surface area (Å²) in [5.41, 5.74) is 4.09. The minimum Gasteiger partial charge on any atom is -0.488 e. The van der Waals surface area contributed by atoms with Gasteiger partial charge in [-0.1, -0.05) is 80.3 Å². The molecule has 39 heavy (non-hydrogen) atoms. The van der Waals surface area contributed by atoms with Crippen molar-refractivity contribution in [2.75, 3.05) is 11.4 Å². The van der Waals surface area contributed by atoms with Crippen LogP contribution in [0.2, 0.25) is 0 Å². The first kappa shape index (κ1) is 26.9. The molecular weight excluding hydrogens is 488 g/mol. The second-order valence-electron chi connectivity index (χ2n) is 10.8. The molecule has 3 aromatic carbocycles. The summed E-state index contributed by atoms with van der Waals surface area (Å²) in [4.78, 5) is 27.6. The number of ether oxygens (including phenoxy) is 1. The summed E-state index contributed by atoms with van der Waals surface area (Å²) in [6, 6.07) is 23.0. The summed E-state index contributed by atoms with van der Waals surface area (Å²) in [5, 5.41) is 13.2. The van der Waals surface area contributed by atoms with Gasteiger partial charge in [0.1, 0.15) is 17.9 Å². The number of nitrogens with zero attached hydrogens (tertiary/aromatic N) is 1. The van der Waals surface area contributed by atoms with E-state index in [1.54, 1.807) is 23.1 Å². The number of piperidine rings is 1. The lowest BCUT2D eigenvalue weighted by Gasteiger charge is -2.31. The molecule has 1 amide bonds. The molecule has 1 unspecified atom stereocenters. The van der Waals surface area contributed by atoms with Crippen LogP contribution in [0, 0.1) is 0 Å². The number of aromatic carboxylic acids is 1. The van der Waals surface area contributed by atoms with E-state index in [0.29, 0.717) is 18.2 Å². The fourth-order valence-corrected chi connectivity index (χ4v) is 5.77. The molecule has 0 bridgehead atoms. The van der Waals surface area contributed by atoms with Gasteiger partial charge in [0.15, 0.2) is 0 Å². The van der Waals surface area contributed by atoms with Crippen LogP contribution in [0.4, 0.5) is 5.69 Å². The van der Waals surface area contributed by atoms with Crippen molar-refractivity contribution in [2.24, 2.45) is 0 Å². The maximum Gasteiger partial charge on any atom is 0.339 e. The Morgan fingerprint density at radius 3 is 2.28 bits per heavy atom. The number of amides is 1. The average Bonchev–Trinajstić information content (AvgIpc) is 3.00. The summed E-state index contributed by atoms with van der Waals surface area (Å²) in [5.74, 6) is -0.173. The van der Waals surface area contributed by atoms with E-state index >= 15 is 0 Å². The Balaban J connectivity index is 1.42. The highest BCUT2D eigenvalue weighted by atomic mass is 16.5. The summed E-state index contributed by atoms with van der Waals surface area (Å²) >= 11 is 0. The van der Waals surface area contributed by atoms with Gasteiger partial charge in [-0.3, -0.25) is 4.79 Å². The fraction of sp³-hybridized carbons (Fsp3) is 0.394. The normalized spacial score (nSPS) is 17.9. The van der Waals surface area contributed by atoms with Gasteiger partial charge < -0.3 is 20.1 Å². The lowest BCUT2D eigenvalue weighted by atomic mass is 9.84. The van der Waals surface area contributed by atoms with Crippen molar-refractivity contribution < 1.29 is 19.4 Å². The first-order valence-corrected chi connectivity index (χ1v) is 14.3. The van der Waals surface area contributed by atoms with Crippen LogP contribution in [0.1, 0.15) is 84.3 Å². The zero-order valence-corrected chi connectivity index (χ0v) is 22.5. The third-order valence-electron chi connectivity index (χ3n) is 8.02. The molecule has 2 fully saturated rings. The number of carbonyl (C=O) groups is 2. The third-order valence-corrected chi connectivity index (χ3v) is 8.02. The molecule has 1 heterocycles. The Hall–Kier alpha value is -3.64. The van der Waals surface area contributed by atoms with Crippen LogP contribution in [0.25, 0.3) is 0 Å². The highest BCUT2D eigenvalue weighted by Gasteiger charge is 2.28. The Morgan fingerprint density at radius 2 is 1.59 bits per heavy atom. The van der Waals surface area contributed by atoms with E-state index < -0.39 is 5.97 Å². The Kier molecular flexibility index (Phi) is 8.94. The van der Waals surface area contributed by atoms with Crippen LogP contribution in [-0.2, 0) is 17.9 Å². The maximum atomic E-state index is 13.8. The molecule has 1 aliphatic heterocycles. The van der Waals surface area contributed by atoms with Gasteiger partial charge >= 0.3 is 5.97 Å². The van der Waals surface area contributed by atoms with E-state index in [1.165, 1.54) is 37.7 Å². The van der Waals surface area contributed by atoms with Crippen LogP contribution in [0.15, 0.2) is 72.8 Å². The van der Waals surface area contributed by atoms with E-state index in [0.717, 1.165) is 36.9 Å². The predicted molar refractivity (Wildman–Crippen MR) is 153 cm³/mol. The molecule has 0 spiro atoms. The monoisotopic (exact) mass is 526 g/mol. The number of anilines is 1. The van der Waals surface area contributed by atoms with Crippen molar-refractivity contribution in [1.82, 2.24) is 5.32 Å². The standard InChI is InChI=1S/C33H38N2O4/c36-32(30-13-7-8-20-34-30)35(22-24-14-16-27(17-15-24)26-11-5-2-6-12-26)28-18-19-29(33(37)38)31(21-28)39-23-25-9-3-1-4-10-25/h1,3-4,9-10,14-19,21,26,30,34H,2,5-8,11-13,20,22-23H2,(H,37,38). The van der Waals surface area contributed by atoms with Crippen LogP contribution >= 0.6 is 0 Å². The number of rotatable bonds is 9. The zero-order chi connectivity index (χ0) is 27.0. The van der Waals surface area contributed by atoms with Crippen molar-refractivity contribution in [3.05, 3.63) is 95.1 Å². The van der Waals surface area contributed by atoms with E-state index in [4.69, 9.17) is 4.74 Å². The molecule has 2 N–H and O–H groups in total. The molecule has 1 atom stereocenters. The van der Waals surface area contributed by atoms with Crippen LogP contribution < -0.4 is 15.0 Å². The minimum atomic E-state index is -1.06. The number of carboxylic acids is 1. The van der Waals surface area contributed by atoms with Gasteiger partial charge in [-0.05, 0) is 67.0 Å². The largest absolute Gasteiger partial charge is 0.488 e. The van der Waals surface area contributed by atoms with Gasteiger partial charge in [-0.25, -0.2) is 4.79 Å². The topological polar surface area (TPSA) is 78.9 Å². The molecule has 204 valence electrons. The number of carboxylic acid groups (broad SMARTS) is 1. The van der Waals surface area contributed by atoms with Gasteiger partial charge in [-0.2, -0.15) is 0 Å². The lowest BCUT2D eigenvalue weighted by molar-refractivity contribution is -0.121. The second-order valence-corrected chi connectivity index (χ2v) is 10.8.